The van der Waals surface area contributed by atoms with Crippen LogP contribution in [0.3, 0.4) is 0 Å². The molecule has 1 N–H and O–H groups in total. The maximum Gasteiger partial charge on any atom is 0.151 e. The average molecular weight is 239 g/mol. The molecule has 0 atom stereocenters. The molecule has 4 heteroatoms. The predicted molar refractivity (Wildman–Crippen MR) is 69.7 cm³/mol. The number of aromatic nitrogens is 1. The molecule has 17 heavy (non-hydrogen) atoms. The number of hydrogen-bond donors (Lipinski definition) is 1. The van der Waals surface area contributed by atoms with Crippen LogP contribution in [0.1, 0.15) is 45.1 Å². The largest absolute Gasteiger partial charge is 0.360 e. The van der Waals surface area contributed by atoms with Crippen LogP contribution in [0.2, 0.25) is 0 Å². The fourth-order valence-corrected chi connectivity index (χ4v) is 1.60. The van der Waals surface area contributed by atoms with Crippen LogP contribution in [0.5, 0.6) is 0 Å². The zero-order chi connectivity index (χ0) is 12.7. The lowest BCUT2D eigenvalue weighted by molar-refractivity contribution is 0.268. The van der Waals surface area contributed by atoms with E-state index >= 15 is 0 Å². The van der Waals surface area contributed by atoms with Crippen molar-refractivity contribution >= 4 is 0 Å². The molecule has 1 aromatic heterocycles. The van der Waals surface area contributed by atoms with Crippen LogP contribution >= 0.6 is 0 Å². The normalized spacial score (nSPS) is 11.6. The van der Waals surface area contributed by atoms with Gasteiger partial charge in [0.05, 0.1) is 12.2 Å². The molecule has 1 rings (SSSR count). The Labute approximate surface area is 104 Å². The third-order valence-corrected chi connectivity index (χ3v) is 2.62. The highest BCUT2D eigenvalue weighted by molar-refractivity contribution is 5.05. The minimum atomic E-state index is 0.474. The van der Waals surface area contributed by atoms with E-state index in [-0.39, 0.29) is 0 Å². The smallest absolute Gasteiger partial charge is 0.151 e. The van der Waals surface area contributed by atoms with Crippen LogP contribution in [-0.2, 0) is 13.1 Å². The Balaban J connectivity index is 2.34. The molecule has 4 nitrogen and oxygen atoms in total. The van der Waals surface area contributed by atoms with Gasteiger partial charge in [-0.05, 0) is 20.0 Å². The standard InChI is InChI=1S/C13H25N3O/c1-5-6-7-16(4)10-13-8-12(15-17-13)9-14-11(2)3/h8,11,14H,5-7,9-10H2,1-4H3. The van der Waals surface area contributed by atoms with Gasteiger partial charge in [0.25, 0.3) is 0 Å². The molecule has 0 saturated heterocycles. The second-order valence-electron chi connectivity index (χ2n) is 4.91. The monoisotopic (exact) mass is 239 g/mol. The van der Waals surface area contributed by atoms with Gasteiger partial charge in [0.2, 0.25) is 0 Å². The third kappa shape index (κ3) is 5.84. The first-order valence-corrected chi connectivity index (χ1v) is 6.48. The molecule has 1 aromatic rings. The Bertz CT molecular complexity index is 309. The number of nitrogens with one attached hydrogen (secondary N) is 1. The summed E-state index contributed by atoms with van der Waals surface area (Å²) in [5.74, 6) is 0.948. The first kappa shape index (κ1) is 14.2. The average Bonchev–Trinajstić information content (AvgIpc) is 2.71. The maximum absolute atomic E-state index is 5.32. The van der Waals surface area contributed by atoms with Crippen molar-refractivity contribution in [1.82, 2.24) is 15.4 Å². The molecule has 98 valence electrons. The van der Waals surface area contributed by atoms with E-state index in [1.165, 1.54) is 12.8 Å². The minimum absolute atomic E-state index is 0.474. The SMILES string of the molecule is CCCCN(C)Cc1cc(CNC(C)C)no1. The molecule has 0 amide bonds. The second kappa shape index (κ2) is 7.45. The lowest BCUT2D eigenvalue weighted by Crippen LogP contribution is -2.22. The van der Waals surface area contributed by atoms with Crippen LogP contribution in [0.15, 0.2) is 10.6 Å². The summed E-state index contributed by atoms with van der Waals surface area (Å²) in [6.45, 7) is 9.18. The molecule has 0 radical (unpaired) electrons. The highest BCUT2D eigenvalue weighted by atomic mass is 16.5. The highest BCUT2D eigenvalue weighted by Crippen LogP contribution is 2.07. The summed E-state index contributed by atoms with van der Waals surface area (Å²) in [7, 11) is 2.12. The van der Waals surface area contributed by atoms with Gasteiger partial charge in [0, 0.05) is 18.7 Å². The van der Waals surface area contributed by atoms with Gasteiger partial charge in [-0.25, -0.2) is 0 Å². The fourth-order valence-electron chi connectivity index (χ4n) is 1.60. The number of rotatable bonds is 8. The van der Waals surface area contributed by atoms with Crippen LogP contribution < -0.4 is 5.32 Å². The Kier molecular flexibility index (Phi) is 6.22. The van der Waals surface area contributed by atoms with Crippen molar-refractivity contribution in [3.63, 3.8) is 0 Å². The van der Waals surface area contributed by atoms with E-state index in [0.29, 0.717) is 6.04 Å². The van der Waals surface area contributed by atoms with Gasteiger partial charge in [-0.2, -0.15) is 0 Å². The van der Waals surface area contributed by atoms with Crippen molar-refractivity contribution in [2.75, 3.05) is 13.6 Å². The summed E-state index contributed by atoms with van der Waals surface area (Å²) >= 11 is 0. The van der Waals surface area contributed by atoms with Crippen molar-refractivity contribution in [2.24, 2.45) is 0 Å². The summed E-state index contributed by atoms with van der Waals surface area (Å²) in [5.41, 5.74) is 0.984. The first-order valence-electron chi connectivity index (χ1n) is 6.48. The van der Waals surface area contributed by atoms with E-state index in [9.17, 15) is 0 Å². The summed E-state index contributed by atoms with van der Waals surface area (Å²) in [4.78, 5) is 2.27. The molecule has 0 unspecified atom stereocenters. The van der Waals surface area contributed by atoms with Gasteiger partial charge in [-0.3, -0.25) is 4.90 Å². The Morgan fingerprint density at radius 3 is 2.88 bits per heavy atom. The highest BCUT2D eigenvalue weighted by Gasteiger charge is 2.07. The lowest BCUT2D eigenvalue weighted by atomic mass is 10.3. The van der Waals surface area contributed by atoms with E-state index in [4.69, 9.17) is 4.52 Å². The fraction of sp³-hybridized carbons (Fsp3) is 0.769. The molecule has 0 saturated carbocycles. The van der Waals surface area contributed by atoms with E-state index in [0.717, 1.165) is 31.1 Å². The molecular weight excluding hydrogens is 214 g/mol. The van der Waals surface area contributed by atoms with Crippen LogP contribution in [0, 0.1) is 0 Å². The van der Waals surface area contributed by atoms with Crippen molar-refractivity contribution in [3.8, 4) is 0 Å². The van der Waals surface area contributed by atoms with Crippen molar-refractivity contribution < 1.29 is 4.52 Å². The molecule has 0 spiro atoms. The lowest BCUT2D eigenvalue weighted by Gasteiger charge is -2.13. The van der Waals surface area contributed by atoms with Crippen molar-refractivity contribution in [1.29, 1.82) is 0 Å². The van der Waals surface area contributed by atoms with Crippen molar-refractivity contribution in [3.05, 3.63) is 17.5 Å². The molecule has 0 bridgehead atoms. The van der Waals surface area contributed by atoms with Gasteiger partial charge < -0.3 is 9.84 Å². The molecule has 0 aliphatic rings. The van der Waals surface area contributed by atoms with Gasteiger partial charge >= 0.3 is 0 Å². The van der Waals surface area contributed by atoms with Crippen LogP contribution in [-0.4, -0.2) is 29.7 Å². The van der Waals surface area contributed by atoms with Crippen molar-refractivity contribution in [2.45, 2.75) is 52.7 Å². The van der Waals surface area contributed by atoms with Gasteiger partial charge in [-0.15, -0.1) is 0 Å². The quantitative estimate of drug-likeness (QED) is 0.756. The Morgan fingerprint density at radius 1 is 1.47 bits per heavy atom. The summed E-state index contributed by atoms with van der Waals surface area (Å²) in [6.07, 6.45) is 2.46. The summed E-state index contributed by atoms with van der Waals surface area (Å²) in [5, 5.41) is 7.38. The topological polar surface area (TPSA) is 41.3 Å². The zero-order valence-electron chi connectivity index (χ0n) is 11.5. The number of nitrogens with zero attached hydrogens (tertiary/aromatic N) is 2. The van der Waals surface area contributed by atoms with Gasteiger partial charge in [0.1, 0.15) is 0 Å². The minimum Gasteiger partial charge on any atom is -0.360 e. The van der Waals surface area contributed by atoms with E-state index in [1.54, 1.807) is 0 Å². The first-order chi connectivity index (χ1) is 8.11. The van der Waals surface area contributed by atoms with E-state index in [1.807, 2.05) is 6.07 Å². The van der Waals surface area contributed by atoms with Crippen LogP contribution in [0.4, 0.5) is 0 Å². The predicted octanol–water partition coefficient (Wildman–Crippen LogP) is 2.40. The van der Waals surface area contributed by atoms with Crippen LogP contribution in [0.25, 0.3) is 0 Å². The molecule has 0 aromatic carbocycles. The number of hydrogen-bond acceptors (Lipinski definition) is 4. The second-order valence-corrected chi connectivity index (χ2v) is 4.91. The molecule has 1 heterocycles. The maximum atomic E-state index is 5.32. The zero-order valence-corrected chi connectivity index (χ0v) is 11.5. The molecular formula is C13H25N3O. The molecule has 0 fully saturated rings. The molecule has 0 aliphatic heterocycles. The number of unbranched alkanes of at least 4 members (excludes halogenated alkanes) is 1. The Morgan fingerprint density at radius 2 is 2.24 bits per heavy atom. The summed E-state index contributed by atoms with van der Waals surface area (Å²) < 4.78 is 5.32. The van der Waals surface area contributed by atoms with Gasteiger partial charge in [-0.1, -0.05) is 32.3 Å². The summed E-state index contributed by atoms with van der Waals surface area (Å²) in [6, 6.07) is 2.51. The molecule has 0 aliphatic carbocycles. The van der Waals surface area contributed by atoms with E-state index in [2.05, 4.69) is 43.2 Å². The third-order valence-electron chi connectivity index (χ3n) is 2.62. The Hall–Kier alpha value is -0.870. The van der Waals surface area contributed by atoms with Gasteiger partial charge in [0.15, 0.2) is 5.76 Å². The van der Waals surface area contributed by atoms with E-state index < -0.39 is 0 Å².